The molecule has 0 saturated heterocycles. The monoisotopic (exact) mass is 459 g/mol. The summed E-state index contributed by atoms with van der Waals surface area (Å²) in [5.41, 5.74) is 0. The van der Waals surface area contributed by atoms with Crippen molar-refractivity contribution in [2.24, 2.45) is 0 Å². The maximum absolute atomic E-state index is 9.56. The van der Waals surface area contributed by atoms with Crippen molar-refractivity contribution in [3.8, 4) is 0 Å². The molecule has 102 valence electrons. The first-order chi connectivity index (χ1) is 6.61. The molecule has 0 unspecified atom stereocenters. The van der Waals surface area contributed by atoms with Crippen molar-refractivity contribution < 1.29 is 35.4 Å². The number of hydrogen-bond acceptors (Lipinski definition) is 8. The van der Waals surface area contributed by atoms with E-state index in [0.717, 1.165) is 0 Å². The van der Waals surface area contributed by atoms with E-state index in [0.29, 0.717) is 0 Å². The van der Waals surface area contributed by atoms with Crippen molar-refractivity contribution in [3.05, 3.63) is 30.6 Å². The molecule has 0 rings (SSSR count). The van der Waals surface area contributed by atoms with E-state index in [2.05, 4.69) is 0 Å². The molecule has 0 aliphatic carbocycles. The summed E-state index contributed by atoms with van der Waals surface area (Å²) in [7, 11) is -0.611. The number of rotatable bonds is 0. The molecule has 0 bridgehead atoms. The summed E-state index contributed by atoms with van der Waals surface area (Å²) in [5, 5.41) is 29.5. The summed E-state index contributed by atoms with van der Waals surface area (Å²) in [6.45, 7) is 0. The molecule has 12 heteroatoms. The summed E-state index contributed by atoms with van der Waals surface area (Å²) in [6, 6.07) is 0. The van der Waals surface area contributed by atoms with Gasteiger partial charge in [-0.25, -0.2) is 0 Å². The van der Waals surface area contributed by atoms with Crippen LogP contribution in [0.15, 0.2) is 0 Å². The molecule has 0 radical (unpaired) electrons. The normalized spacial score (nSPS) is 6.31. The molecule has 0 aromatic carbocycles. The molecule has 0 aliphatic heterocycles. The van der Waals surface area contributed by atoms with Gasteiger partial charge in [0.15, 0.2) is 0 Å². The zero-order valence-electron chi connectivity index (χ0n) is 8.88. The van der Waals surface area contributed by atoms with E-state index in [1.165, 1.54) is 0 Å². The number of hydrogen-bond donors (Lipinski definition) is 0. The van der Waals surface area contributed by atoms with Gasteiger partial charge in [-0.15, -0.1) is 0 Å². The van der Waals surface area contributed by atoms with Crippen LogP contribution in [0, 0.1) is 30.6 Å². The first-order valence-corrected chi connectivity index (χ1v) is 6.49. The van der Waals surface area contributed by atoms with Gasteiger partial charge >= 0.3 is 21.1 Å². The Morgan fingerprint density at radius 1 is 0.938 bits per heavy atom. The van der Waals surface area contributed by atoms with Crippen LogP contribution < -0.4 is 0 Å². The quantitative estimate of drug-likeness (QED) is 0.375. The SMILES string of the molecule is CS(C)=O.CSC.O=[N+]([O-])[O-].O=[N+]([O-])[O-].[Pt+2]. The Balaban J connectivity index is -0.0000000331. The maximum Gasteiger partial charge on any atom is 2.00 e. The number of nitrogens with zero attached hydrogens (tertiary/aromatic N) is 2. The Morgan fingerprint density at radius 2 is 0.938 bits per heavy atom. The van der Waals surface area contributed by atoms with E-state index < -0.39 is 21.0 Å². The first kappa shape index (κ1) is 29.6. The summed E-state index contributed by atoms with van der Waals surface area (Å²) in [6.07, 6.45) is 7.36. The van der Waals surface area contributed by atoms with E-state index in [-0.39, 0.29) is 21.1 Å². The van der Waals surface area contributed by atoms with Crippen LogP contribution in [0.25, 0.3) is 0 Å². The average Bonchev–Trinajstić information content (AvgIpc) is 1.81. The predicted molar refractivity (Wildman–Crippen MR) is 60.2 cm³/mol. The van der Waals surface area contributed by atoms with Gasteiger partial charge in [-0.1, -0.05) is 0 Å². The van der Waals surface area contributed by atoms with E-state index in [4.69, 9.17) is 30.6 Å². The largest absolute Gasteiger partial charge is 2.00 e. The van der Waals surface area contributed by atoms with Gasteiger partial charge in [0.1, 0.15) is 0 Å². The van der Waals surface area contributed by atoms with Crippen LogP contribution in [0.3, 0.4) is 0 Å². The molecule has 9 nitrogen and oxygen atoms in total. The Morgan fingerprint density at radius 3 is 0.938 bits per heavy atom. The van der Waals surface area contributed by atoms with Gasteiger partial charge < -0.3 is 30.6 Å². The zero-order chi connectivity index (χ0) is 13.4. The molecule has 16 heavy (non-hydrogen) atoms. The molecule has 0 atom stereocenters. The van der Waals surface area contributed by atoms with Crippen LogP contribution in [0.2, 0.25) is 0 Å². The maximum atomic E-state index is 9.56. The molecule has 0 amide bonds. The van der Waals surface area contributed by atoms with Gasteiger partial charge in [-0.05, 0) is 12.5 Å². The molecular formula is C4H12N2O7PtS2. The topological polar surface area (TPSA) is 149 Å². The van der Waals surface area contributed by atoms with E-state index >= 15 is 0 Å². The van der Waals surface area contributed by atoms with Gasteiger partial charge in [0.2, 0.25) is 0 Å². The van der Waals surface area contributed by atoms with E-state index in [1.807, 2.05) is 12.5 Å². The first-order valence-electron chi connectivity index (χ1n) is 2.90. The van der Waals surface area contributed by atoms with Gasteiger partial charge in [0.05, 0.1) is 10.2 Å². The van der Waals surface area contributed by atoms with Gasteiger partial charge in [0, 0.05) is 23.3 Å². The van der Waals surface area contributed by atoms with Gasteiger partial charge in [-0.2, -0.15) is 11.8 Å². The molecule has 0 aromatic heterocycles. The van der Waals surface area contributed by atoms with Crippen molar-refractivity contribution >= 4 is 22.6 Å². The fraction of sp³-hybridized carbons (Fsp3) is 1.00. The molecule has 0 N–H and O–H groups in total. The smallest absolute Gasteiger partial charge is 0.356 e. The minimum Gasteiger partial charge on any atom is -0.356 e. The zero-order valence-corrected chi connectivity index (χ0v) is 12.8. The van der Waals surface area contributed by atoms with Crippen molar-refractivity contribution in [1.82, 2.24) is 0 Å². The van der Waals surface area contributed by atoms with Gasteiger partial charge in [-0.3, -0.25) is 4.21 Å². The average molecular weight is 459 g/mol. The third kappa shape index (κ3) is 12700. The summed E-state index contributed by atoms with van der Waals surface area (Å²) < 4.78 is 9.56. The summed E-state index contributed by atoms with van der Waals surface area (Å²) in [4.78, 5) is 16.5. The minimum atomic E-state index is -1.75. The van der Waals surface area contributed by atoms with Crippen LogP contribution in [-0.4, -0.2) is 39.4 Å². The summed E-state index contributed by atoms with van der Waals surface area (Å²) in [5.74, 6) is 0. The Kier molecular flexibility index (Phi) is 54.2. The fourth-order valence-corrected chi connectivity index (χ4v) is 0. The van der Waals surface area contributed by atoms with Crippen LogP contribution in [-0.2, 0) is 31.9 Å². The van der Waals surface area contributed by atoms with Gasteiger partial charge in [0.25, 0.3) is 0 Å². The molecule has 0 aromatic rings. The second kappa shape index (κ2) is 29.3. The molecule has 0 aliphatic rings. The van der Waals surface area contributed by atoms with E-state index in [9.17, 15) is 4.21 Å². The van der Waals surface area contributed by atoms with Crippen LogP contribution >= 0.6 is 11.8 Å². The Labute approximate surface area is 114 Å². The van der Waals surface area contributed by atoms with Crippen LogP contribution in [0.4, 0.5) is 0 Å². The van der Waals surface area contributed by atoms with Crippen molar-refractivity contribution in [2.75, 3.05) is 25.0 Å². The molecule has 0 saturated carbocycles. The molecule has 0 spiro atoms. The van der Waals surface area contributed by atoms with E-state index in [1.54, 1.807) is 24.3 Å². The fourth-order valence-electron chi connectivity index (χ4n) is 0. The third-order valence-electron chi connectivity index (χ3n) is 0. The third-order valence-corrected chi connectivity index (χ3v) is 0. The second-order valence-corrected chi connectivity index (χ2v) is 3.90. The minimum absolute atomic E-state index is 0. The molecule has 0 heterocycles. The Bertz CT molecular complexity index is 141. The predicted octanol–water partition coefficient (Wildman–Crippen LogP) is 0.493. The molecular weight excluding hydrogens is 447 g/mol. The van der Waals surface area contributed by atoms with Crippen LogP contribution in [0.1, 0.15) is 0 Å². The van der Waals surface area contributed by atoms with Crippen molar-refractivity contribution in [1.29, 1.82) is 0 Å². The number of thioether (sulfide) groups is 1. The summed E-state index contributed by atoms with van der Waals surface area (Å²) >= 11 is 1.75. The van der Waals surface area contributed by atoms with Crippen molar-refractivity contribution in [2.45, 2.75) is 0 Å². The molecule has 0 fully saturated rings. The van der Waals surface area contributed by atoms with Crippen LogP contribution in [0.5, 0.6) is 0 Å². The second-order valence-electron chi connectivity index (χ2n) is 1.60. The standard InChI is InChI=1S/C2H6OS.C2H6S.2NO3.Pt/c1-4(2)3;1-3-2;2*2-1(3)4;/h1-2H3;1-2H3;;;/q;;2*-1;+2. The van der Waals surface area contributed by atoms with Crippen molar-refractivity contribution in [3.63, 3.8) is 0 Å². The Hall–Kier alpha value is -0.412.